The van der Waals surface area contributed by atoms with E-state index in [4.69, 9.17) is 11.6 Å². The summed E-state index contributed by atoms with van der Waals surface area (Å²) in [4.78, 5) is 14.9. The first kappa shape index (κ1) is 17.7. The van der Waals surface area contributed by atoms with Gasteiger partial charge in [-0.25, -0.2) is 8.42 Å². The maximum absolute atomic E-state index is 13.0. The van der Waals surface area contributed by atoms with E-state index in [0.29, 0.717) is 18.0 Å². The van der Waals surface area contributed by atoms with E-state index in [1.54, 1.807) is 12.1 Å². The molecule has 0 saturated carbocycles. The Balaban J connectivity index is 1.85. The third-order valence-corrected chi connectivity index (χ3v) is 7.00. The van der Waals surface area contributed by atoms with E-state index < -0.39 is 16.1 Å². The Morgan fingerprint density at radius 2 is 1.58 bits per heavy atom. The van der Waals surface area contributed by atoms with Crippen LogP contribution in [0.5, 0.6) is 0 Å². The molecule has 7 heteroatoms. The predicted octanol–water partition coefficient (Wildman–Crippen LogP) is 2.90. The number of sulfonamides is 1. The third kappa shape index (κ3) is 3.60. The van der Waals surface area contributed by atoms with E-state index in [0.717, 1.165) is 45.2 Å². The molecule has 2 saturated heterocycles. The zero-order valence-electron chi connectivity index (χ0n) is 13.7. The van der Waals surface area contributed by atoms with Crippen LogP contribution < -0.4 is 0 Å². The highest BCUT2D eigenvalue weighted by atomic mass is 35.5. The van der Waals surface area contributed by atoms with Crippen LogP contribution in [0.3, 0.4) is 0 Å². The minimum absolute atomic E-state index is 0.0352. The van der Waals surface area contributed by atoms with Crippen molar-refractivity contribution in [1.29, 1.82) is 0 Å². The number of carbonyl (C=O) groups excluding carboxylic acids is 1. The summed E-state index contributed by atoms with van der Waals surface area (Å²) in [5.74, 6) is -0.0352. The van der Waals surface area contributed by atoms with Crippen molar-refractivity contribution in [3.05, 3.63) is 29.3 Å². The summed E-state index contributed by atoms with van der Waals surface area (Å²) in [5, 5.41) is 0.494. The molecular weight excluding hydrogens is 348 g/mol. The zero-order chi connectivity index (χ0) is 17.2. The number of piperidine rings is 2. The van der Waals surface area contributed by atoms with Crippen molar-refractivity contribution in [2.75, 3.05) is 19.6 Å². The number of rotatable bonds is 3. The number of hydrogen-bond donors (Lipinski definition) is 0. The SMILES string of the molecule is O=C([C@@H]1CCCCN1S(=O)(=O)c1ccc(Cl)cc1)N1CCCCC1. The molecule has 0 spiro atoms. The van der Waals surface area contributed by atoms with Gasteiger partial charge >= 0.3 is 0 Å². The number of carbonyl (C=O) groups is 1. The van der Waals surface area contributed by atoms with Gasteiger partial charge < -0.3 is 4.90 Å². The lowest BCUT2D eigenvalue weighted by Gasteiger charge is -2.38. The molecule has 3 rings (SSSR count). The lowest BCUT2D eigenvalue weighted by molar-refractivity contribution is -0.137. The minimum atomic E-state index is -3.68. The number of nitrogens with zero attached hydrogens (tertiary/aromatic N) is 2. The summed E-state index contributed by atoms with van der Waals surface area (Å²) < 4.78 is 27.4. The molecule has 0 radical (unpaired) electrons. The van der Waals surface area contributed by atoms with Gasteiger partial charge in [-0.15, -0.1) is 0 Å². The highest BCUT2D eigenvalue weighted by molar-refractivity contribution is 7.89. The lowest BCUT2D eigenvalue weighted by Crippen LogP contribution is -2.53. The monoisotopic (exact) mass is 370 g/mol. The smallest absolute Gasteiger partial charge is 0.243 e. The topological polar surface area (TPSA) is 57.7 Å². The van der Waals surface area contributed by atoms with Crippen LogP contribution in [0.2, 0.25) is 5.02 Å². The number of amides is 1. The molecule has 0 N–H and O–H groups in total. The molecular formula is C17H23ClN2O3S. The average Bonchev–Trinajstić information content (AvgIpc) is 2.62. The average molecular weight is 371 g/mol. The summed E-state index contributed by atoms with van der Waals surface area (Å²) >= 11 is 5.86. The second-order valence-corrected chi connectivity index (χ2v) is 8.79. The zero-order valence-corrected chi connectivity index (χ0v) is 15.2. The van der Waals surface area contributed by atoms with Crippen LogP contribution in [0.4, 0.5) is 0 Å². The normalized spacial score (nSPS) is 23.2. The van der Waals surface area contributed by atoms with Crippen molar-refractivity contribution in [3.63, 3.8) is 0 Å². The van der Waals surface area contributed by atoms with E-state index in [9.17, 15) is 13.2 Å². The largest absolute Gasteiger partial charge is 0.341 e. The summed E-state index contributed by atoms with van der Waals surface area (Å²) in [6, 6.07) is 5.58. The van der Waals surface area contributed by atoms with E-state index in [2.05, 4.69) is 0 Å². The highest BCUT2D eigenvalue weighted by Gasteiger charge is 2.39. The molecule has 0 unspecified atom stereocenters. The fourth-order valence-corrected chi connectivity index (χ4v) is 5.28. The Morgan fingerprint density at radius 1 is 0.958 bits per heavy atom. The Morgan fingerprint density at radius 3 is 2.25 bits per heavy atom. The van der Waals surface area contributed by atoms with Crippen molar-refractivity contribution < 1.29 is 13.2 Å². The molecule has 0 aliphatic carbocycles. The molecule has 2 aliphatic rings. The van der Waals surface area contributed by atoms with Crippen molar-refractivity contribution in [2.45, 2.75) is 49.5 Å². The number of halogens is 1. The quantitative estimate of drug-likeness (QED) is 0.822. The van der Waals surface area contributed by atoms with Crippen molar-refractivity contribution in [3.8, 4) is 0 Å². The Hall–Kier alpha value is -1.11. The predicted molar refractivity (Wildman–Crippen MR) is 93.4 cm³/mol. The van der Waals surface area contributed by atoms with Gasteiger partial charge in [-0.2, -0.15) is 4.31 Å². The molecule has 132 valence electrons. The molecule has 1 aromatic carbocycles. The van der Waals surface area contributed by atoms with Crippen LogP contribution in [0.15, 0.2) is 29.2 Å². The summed E-state index contributed by atoms with van der Waals surface area (Å²) in [7, 11) is -3.68. The van der Waals surface area contributed by atoms with Crippen LogP contribution in [0, 0.1) is 0 Å². The van der Waals surface area contributed by atoms with Crippen molar-refractivity contribution >= 4 is 27.5 Å². The van der Waals surface area contributed by atoms with Gasteiger partial charge in [0.1, 0.15) is 6.04 Å². The molecule has 2 aliphatic heterocycles. The van der Waals surface area contributed by atoms with E-state index in [-0.39, 0.29) is 10.8 Å². The Bertz CT molecular complexity index is 684. The molecule has 1 atom stereocenters. The van der Waals surface area contributed by atoms with Gasteiger partial charge in [0.2, 0.25) is 15.9 Å². The molecule has 1 amide bonds. The van der Waals surface area contributed by atoms with Gasteiger partial charge in [-0.3, -0.25) is 4.79 Å². The number of likely N-dealkylation sites (tertiary alicyclic amines) is 1. The lowest BCUT2D eigenvalue weighted by atomic mass is 10.0. The third-order valence-electron chi connectivity index (χ3n) is 4.83. The molecule has 2 fully saturated rings. The summed E-state index contributed by atoms with van der Waals surface area (Å²) in [6.07, 6.45) is 5.42. The minimum Gasteiger partial charge on any atom is -0.341 e. The second-order valence-electron chi connectivity index (χ2n) is 6.47. The first-order valence-corrected chi connectivity index (χ1v) is 10.4. The van der Waals surface area contributed by atoms with Gasteiger partial charge in [0.15, 0.2) is 0 Å². The van der Waals surface area contributed by atoms with E-state index in [1.165, 1.54) is 16.4 Å². The standard InChI is InChI=1S/C17H23ClN2O3S/c18-14-7-9-15(10-8-14)24(22,23)20-13-5-2-6-16(20)17(21)19-11-3-1-4-12-19/h7-10,16H,1-6,11-13H2/t16-/m0/s1. The van der Waals surface area contributed by atoms with Gasteiger partial charge in [0, 0.05) is 24.7 Å². The van der Waals surface area contributed by atoms with Crippen LogP contribution in [0.1, 0.15) is 38.5 Å². The maximum atomic E-state index is 13.0. The molecule has 0 aromatic heterocycles. The van der Waals surface area contributed by atoms with Crippen LogP contribution in [-0.4, -0.2) is 49.2 Å². The highest BCUT2D eigenvalue weighted by Crippen LogP contribution is 2.28. The second kappa shape index (κ2) is 7.42. The molecule has 5 nitrogen and oxygen atoms in total. The van der Waals surface area contributed by atoms with Gasteiger partial charge in [-0.05, 0) is 56.4 Å². The van der Waals surface area contributed by atoms with Crippen molar-refractivity contribution in [1.82, 2.24) is 9.21 Å². The van der Waals surface area contributed by atoms with Gasteiger partial charge in [-0.1, -0.05) is 18.0 Å². The maximum Gasteiger partial charge on any atom is 0.243 e. The Kier molecular flexibility index (Phi) is 5.47. The van der Waals surface area contributed by atoms with Crippen LogP contribution >= 0.6 is 11.6 Å². The van der Waals surface area contributed by atoms with Crippen LogP contribution in [-0.2, 0) is 14.8 Å². The molecule has 1 aromatic rings. The molecule has 24 heavy (non-hydrogen) atoms. The summed E-state index contributed by atoms with van der Waals surface area (Å²) in [5.41, 5.74) is 0. The molecule has 0 bridgehead atoms. The Labute approximate surface area is 148 Å². The van der Waals surface area contributed by atoms with E-state index in [1.807, 2.05) is 4.90 Å². The van der Waals surface area contributed by atoms with Gasteiger partial charge in [0.25, 0.3) is 0 Å². The van der Waals surface area contributed by atoms with Gasteiger partial charge in [0.05, 0.1) is 4.90 Å². The van der Waals surface area contributed by atoms with Crippen molar-refractivity contribution in [2.24, 2.45) is 0 Å². The number of hydrogen-bond acceptors (Lipinski definition) is 3. The first-order chi connectivity index (χ1) is 11.5. The van der Waals surface area contributed by atoms with Crippen LogP contribution in [0.25, 0.3) is 0 Å². The van der Waals surface area contributed by atoms with E-state index >= 15 is 0 Å². The number of benzene rings is 1. The summed E-state index contributed by atoms with van der Waals surface area (Å²) in [6.45, 7) is 1.88. The molecule has 2 heterocycles. The fraction of sp³-hybridized carbons (Fsp3) is 0.588. The first-order valence-electron chi connectivity index (χ1n) is 8.56. The fourth-order valence-electron chi connectivity index (χ4n) is 3.51.